The summed E-state index contributed by atoms with van der Waals surface area (Å²) in [5.41, 5.74) is 6.64. The zero-order chi connectivity index (χ0) is 18.4. The van der Waals surface area contributed by atoms with Crippen molar-refractivity contribution in [3.05, 3.63) is 52.0 Å². The number of rotatable bonds is 3. The number of aromatic amines is 1. The van der Waals surface area contributed by atoms with Gasteiger partial charge < -0.3 is 14.4 Å². The summed E-state index contributed by atoms with van der Waals surface area (Å²) in [4.78, 5) is 18.6. The van der Waals surface area contributed by atoms with Crippen LogP contribution in [0.4, 0.5) is 0 Å². The quantitative estimate of drug-likeness (QED) is 0.765. The molecule has 1 N–H and O–H groups in total. The van der Waals surface area contributed by atoms with Gasteiger partial charge in [0.1, 0.15) is 11.5 Å². The van der Waals surface area contributed by atoms with Gasteiger partial charge in [0.05, 0.1) is 12.5 Å². The highest BCUT2D eigenvalue weighted by molar-refractivity contribution is 5.94. The number of fused-ring (bicyclic) bond motifs is 1. The number of aryl methyl sites for hydroxylation is 4. The molecule has 5 heteroatoms. The van der Waals surface area contributed by atoms with Gasteiger partial charge in [-0.25, -0.2) is 0 Å². The SMILES string of the molecule is Cc1cc([C@@H]2CCCN2C(=O)Cc2c(C)[nH]c3c(C)ccc(C)c23)no1. The van der Waals surface area contributed by atoms with E-state index in [2.05, 4.69) is 43.0 Å². The van der Waals surface area contributed by atoms with Crippen molar-refractivity contribution in [2.45, 2.75) is 53.0 Å². The molecule has 0 spiro atoms. The Morgan fingerprint density at radius 3 is 2.77 bits per heavy atom. The molecular weight excluding hydrogens is 326 g/mol. The Morgan fingerprint density at radius 1 is 1.27 bits per heavy atom. The average molecular weight is 351 g/mol. The lowest BCUT2D eigenvalue weighted by Gasteiger charge is -2.23. The fraction of sp³-hybridized carbons (Fsp3) is 0.429. The van der Waals surface area contributed by atoms with E-state index in [0.717, 1.165) is 47.6 Å². The first kappa shape index (κ1) is 16.9. The maximum absolute atomic E-state index is 13.1. The maximum Gasteiger partial charge on any atom is 0.227 e. The monoisotopic (exact) mass is 351 g/mol. The minimum Gasteiger partial charge on any atom is -0.361 e. The molecule has 26 heavy (non-hydrogen) atoms. The van der Waals surface area contributed by atoms with Gasteiger partial charge in [0.25, 0.3) is 0 Å². The molecule has 1 fully saturated rings. The van der Waals surface area contributed by atoms with Crippen LogP contribution in [0.2, 0.25) is 0 Å². The van der Waals surface area contributed by atoms with Crippen LogP contribution in [-0.2, 0) is 11.2 Å². The lowest BCUT2D eigenvalue weighted by Crippen LogP contribution is -2.32. The first-order chi connectivity index (χ1) is 12.5. The predicted octanol–water partition coefficient (Wildman–Crippen LogP) is 4.30. The zero-order valence-corrected chi connectivity index (χ0v) is 15.8. The zero-order valence-electron chi connectivity index (χ0n) is 15.8. The van der Waals surface area contributed by atoms with Gasteiger partial charge in [-0.15, -0.1) is 0 Å². The topological polar surface area (TPSA) is 62.1 Å². The molecule has 1 saturated heterocycles. The van der Waals surface area contributed by atoms with Gasteiger partial charge in [-0.3, -0.25) is 4.79 Å². The van der Waals surface area contributed by atoms with E-state index in [-0.39, 0.29) is 11.9 Å². The van der Waals surface area contributed by atoms with E-state index in [0.29, 0.717) is 6.42 Å². The van der Waals surface area contributed by atoms with E-state index < -0.39 is 0 Å². The predicted molar refractivity (Wildman–Crippen MR) is 101 cm³/mol. The van der Waals surface area contributed by atoms with Crippen LogP contribution in [-0.4, -0.2) is 27.5 Å². The molecule has 0 bridgehead atoms. The maximum atomic E-state index is 13.1. The van der Waals surface area contributed by atoms with E-state index in [1.165, 1.54) is 16.5 Å². The molecule has 4 rings (SSSR count). The summed E-state index contributed by atoms with van der Waals surface area (Å²) < 4.78 is 5.22. The Hall–Kier alpha value is -2.56. The van der Waals surface area contributed by atoms with Crippen LogP contribution in [0.5, 0.6) is 0 Å². The molecule has 0 aliphatic carbocycles. The average Bonchev–Trinajstić information content (AvgIpc) is 3.31. The second-order valence-electron chi connectivity index (χ2n) is 7.46. The molecule has 3 aromatic rings. The summed E-state index contributed by atoms with van der Waals surface area (Å²) in [6.07, 6.45) is 2.37. The van der Waals surface area contributed by atoms with Crippen molar-refractivity contribution < 1.29 is 9.32 Å². The van der Waals surface area contributed by atoms with Crippen LogP contribution >= 0.6 is 0 Å². The van der Waals surface area contributed by atoms with Crippen molar-refractivity contribution in [3.63, 3.8) is 0 Å². The number of hydrogen-bond acceptors (Lipinski definition) is 3. The Balaban J connectivity index is 1.65. The number of carbonyl (C=O) groups is 1. The van der Waals surface area contributed by atoms with Crippen LogP contribution in [0.15, 0.2) is 22.7 Å². The molecule has 1 amide bonds. The molecule has 1 atom stereocenters. The summed E-state index contributed by atoms with van der Waals surface area (Å²) in [5, 5.41) is 5.34. The first-order valence-corrected chi connectivity index (χ1v) is 9.25. The van der Waals surface area contributed by atoms with Crippen LogP contribution in [0.3, 0.4) is 0 Å². The fourth-order valence-electron chi connectivity index (χ4n) is 4.20. The van der Waals surface area contributed by atoms with Gasteiger partial charge in [0.15, 0.2) is 0 Å². The number of amides is 1. The van der Waals surface area contributed by atoms with Crippen LogP contribution in [0, 0.1) is 27.7 Å². The summed E-state index contributed by atoms with van der Waals surface area (Å²) in [7, 11) is 0. The van der Waals surface area contributed by atoms with E-state index >= 15 is 0 Å². The highest BCUT2D eigenvalue weighted by Gasteiger charge is 2.32. The molecule has 1 aliphatic rings. The molecule has 0 saturated carbocycles. The highest BCUT2D eigenvalue weighted by atomic mass is 16.5. The molecule has 1 aliphatic heterocycles. The van der Waals surface area contributed by atoms with Gasteiger partial charge in [-0.2, -0.15) is 0 Å². The standard InChI is InChI=1S/C21H25N3O2/c1-12-7-8-13(2)21-20(12)16(15(4)22-21)11-19(25)24-9-5-6-18(24)17-10-14(3)26-23-17/h7-8,10,18,22H,5-6,9,11H2,1-4H3/t18-/m0/s1. The van der Waals surface area contributed by atoms with Crippen molar-refractivity contribution in [2.75, 3.05) is 6.54 Å². The number of aromatic nitrogens is 2. The van der Waals surface area contributed by atoms with Gasteiger partial charge >= 0.3 is 0 Å². The second kappa shape index (κ2) is 6.31. The normalized spacial score (nSPS) is 17.4. The number of H-pyrrole nitrogens is 1. The molecule has 3 heterocycles. The summed E-state index contributed by atoms with van der Waals surface area (Å²) in [6.45, 7) is 8.95. The third kappa shape index (κ3) is 2.71. The Morgan fingerprint density at radius 2 is 2.04 bits per heavy atom. The van der Waals surface area contributed by atoms with Gasteiger partial charge in [0.2, 0.25) is 5.91 Å². The third-order valence-electron chi connectivity index (χ3n) is 5.58. The number of nitrogens with zero attached hydrogens (tertiary/aromatic N) is 2. The van der Waals surface area contributed by atoms with Gasteiger partial charge in [-0.1, -0.05) is 17.3 Å². The van der Waals surface area contributed by atoms with Crippen LogP contribution in [0.1, 0.15) is 52.7 Å². The van der Waals surface area contributed by atoms with Crippen LogP contribution in [0.25, 0.3) is 10.9 Å². The molecule has 2 aromatic heterocycles. The van der Waals surface area contributed by atoms with E-state index in [1.54, 1.807) is 0 Å². The number of likely N-dealkylation sites (tertiary alicyclic amines) is 1. The summed E-state index contributed by atoms with van der Waals surface area (Å²) in [5.74, 6) is 0.955. The van der Waals surface area contributed by atoms with Gasteiger partial charge in [0, 0.05) is 29.2 Å². The number of benzene rings is 1. The van der Waals surface area contributed by atoms with Crippen molar-refractivity contribution in [1.82, 2.24) is 15.0 Å². The number of hydrogen-bond donors (Lipinski definition) is 1. The minimum absolute atomic E-state index is 0.0355. The van der Waals surface area contributed by atoms with Crippen molar-refractivity contribution >= 4 is 16.8 Å². The molecule has 136 valence electrons. The number of carbonyl (C=O) groups excluding carboxylic acids is 1. The Labute approximate surface area is 153 Å². The Bertz CT molecular complexity index is 983. The van der Waals surface area contributed by atoms with Crippen molar-refractivity contribution in [1.29, 1.82) is 0 Å². The molecule has 5 nitrogen and oxygen atoms in total. The molecule has 1 aromatic carbocycles. The van der Waals surface area contributed by atoms with E-state index in [9.17, 15) is 4.79 Å². The largest absolute Gasteiger partial charge is 0.361 e. The van der Waals surface area contributed by atoms with Crippen molar-refractivity contribution in [3.8, 4) is 0 Å². The minimum atomic E-state index is 0.0355. The lowest BCUT2D eigenvalue weighted by atomic mass is 10.0. The van der Waals surface area contributed by atoms with Gasteiger partial charge in [-0.05, 0) is 57.2 Å². The second-order valence-corrected chi connectivity index (χ2v) is 7.46. The number of nitrogens with one attached hydrogen (secondary N) is 1. The molecule has 0 radical (unpaired) electrons. The smallest absolute Gasteiger partial charge is 0.227 e. The van der Waals surface area contributed by atoms with Crippen molar-refractivity contribution in [2.24, 2.45) is 0 Å². The fourth-order valence-corrected chi connectivity index (χ4v) is 4.20. The molecular formula is C21H25N3O2. The highest BCUT2D eigenvalue weighted by Crippen LogP contribution is 2.34. The summed E-state index contributed by atoms with van der Waals surface area (Å²) >= 11 is 0. The van der Waals surface area contributed by atoms with Crippen LogP contribution < -0.4 is 0 Å². The Kier molecular flexibility index (Phi) is 4.10. The van der Waals surface area contributed by atoms with E-state index in [1.807, 2.05) is 17.9 Å². The first-order valence-electron chi connectivity index (χ1n) is 9.25. The third-order valence-corrected chi connectivity index (χ3v) is 5.58. The summed E-state index contributed by atoms with van der Waals surface area (Å²) in [6, 6.07) is 6.24. The lowest BCUT2D eigenvalue weighted by molar-refractivity contribution is -0.131. The molecule has 0 unspecified atom stereocenters. The van der Waals surface area contributed by atoms with E-state index in [4.69, 9.17) is 4.52 Å².